The minimum Gasteiger partial charge on any atom is -0.381 e. The molecule has 5 nitrogen and oxygen atoms in total. The smallest absolute Gasteiger partial charge is 0.224 e. The number of nitrogens with one attached hydrogen (secondary N) is 1. The zero-order valence-electron chi connectivity index (χ0n) is 17.7. The Kier molecular flexibility index (Phi) is 6.88. The van der Waals surface area contributed by atoms with E-state index in [4.69, 9.17) is 10.5 Å². The van der Waals surface area contributed by atoms with E-state index in [0.717, 1.165) is 58.5 Å². The van der Waals surface area contributed by atoms with Crippen molar-refractivity contribution in [1.82, 2.24) is 10.2 Å². The van der Waals surface area contributed by atoms with Crippen LogP contribution in [0.4, 0.5) is 0 Å². The van der Waals surface area contributed by atoms with Gasteiger partial charge in [0.25, 0.3) is 0 Å². The van der Waals surface area contributed by atoms with Gasteiger partial charge in [-0.1, -0.05) is 43.2 Å². The van der Waals surface area contributed by atoms with Crippen LogP contribution in [0.2, 0.25) is 0 Å². The first kappa shape index (κ1) is 20.8. The Labute approximate surface area is 175 Å². The lowest BCUT2D eigenvalue weighted by atomic mass is 9.78. The maximum Gasteiger partial charge on any atom is 0.224 e. The highest BCUT2D eigenvalue weighted by Crippen LogP contribution is 2.40. The van der Waals surface area contributed by atoms with Gasteiger partial charge in [-0.25, -0.2) is 0 Å². The average Bonchev–Trinajstić information content (AvgIpc) is 3.17. The van der Waals surface area contributed by atoms with Gasteiger partial charge in [-0.3, -0.25) is 9.69 Å². The van der Waals surface area contributed by atoms with Gasteiger partial charge in [0, 0.05) is 50.3 Å². The molecule has 3 aliphatic rings. The number of nitrogens with two attached hydrogens (primary N) is 1. The van der Waals surface area contributed by atoms with Gasteiger partial charge in [-0.05, 0) is 44.1 Å². The number of rotatable bonds is 5. The highest BCUT2D eigenvalue weighted by Gasteiger charge is 2.37. The van der Waals surface area contributed by atoms with Crippen molar-refractivity contribution in [3.8, 4) is 0 Å². The van der Waals surface area contributed by atoms with Gasteiger partial charge in [-0.15, -0.1) is 0 Å². The zero-order valence-corrected chi connectivity index (χ0v) is 17.7. The van der Waals surface area contributed by atoms with Crippen molar-refractivity contribution in [3.63, 3.8) is 0 Å². The van der Waals surface area contributed by atoms with Gasteiger partial charge in [-0.2, -0.15) is 0 Å². The summed E-state index contributed by atoms with van der Waals surface area (Å²) in [5.74, 6) is 0.263. The molecule has 2 saturated heterocycles. The molecular weight excluding hydrogens is 362 g/mol. The van der Waals surface area contributed by atoms with Crippen molar-refractivity contribution in [2.24, 2.45) is 11.7 Å². The van der Waals surface area contributed by atoms with Crippen LogP contribution in [0.15, 0.2) is 30.3 Å². The molecule has 1 aromatic carbocycles. The molecule has 1 aromatic rings. The van der Waals surface area contributed by atoms with Crippen molar-refractivity contribution in [2.75, 3.05) is 32.8 Å². The summed E-state index contributed by atoms with van der Waals surface area (Å²) < 4.78 is 5.53. The maximum atomic E-state index is 13.2. The topological polar surface area (TPSA) is 67.6 Å². The summed E-state index contributed by atoms with van der Waals surface area (Å²) in [7, 11) is 0. The molecule has 2 heterocycles. The number of amides is 1. The third-order valence-corrected chi connectivity index (χ3v) is 7.44. The van der Waals surface area contributed by atoms with E-state index >= 15 is 0 Å². The lowest BCUT2D eigenvalue weighted by Crippen LogP contribution is -2.48. The summed E-state index contributed by atoms with van der Waals surface area (Å²) in [4.78, 5) is 15.7. The Balaban J connectivity index is 1.40. The molecule has 29 heavy (non-hydrogen) atoms. The van der Waals surface area contributed by atoms with E-state index in [1.165, 1.54) is 31.2 Å². The van der Waals surface area contributed by atoms with Gasteiger partial charge in [0.1, 0.15) is 0 Å². The molecule has 1 amide bonds. The molecule has 3 N–H and O–H groups in total. The van der Waals surface area contributed by atoms with E-state index in [9.17, 15) is 4.79 Å². The molecule has 2 aliphatic heterocycles. The second-order valence-corrected chi connectivity index (χ2v) is 9.40. The summed E-state index contributed by atoms with van der Waals surface area (Å²) >= 11 is 0. The first-order chi connectivity index (χ1) is 14.2. The Morgan fingerprint density at radius 2 is 1.79 bits per heavy atom. The maximum absolute atomic E-state index is 13.2. The van der Waals surface area contributed by atoms with Crippen molar-refractivity contribution < 1.29 is 9.53 Å². The quantitative estimate of drug-likeness (QED) is 0.799. The molecule has 0 spiro atoms. The van der Waals surface area contributed by atoms with Gasteiger partial charge in [0.15, 0.2) is 0 Å². The van der Waals surface area contributed by atoms with Crippen molar-refractivity contribution in [3.05, 3.63) is 35.9 Å². The number of carbonyl (C=O) groups is 1. The molecule has 4 rings (SSSR count). The molecule has 1 saturated carbocycles. The van der Waals surface area contributed by atoms with Crippen LogP contribution in [0.3, 0.4) is 0 Å². The molecule has 0 radical (unpaired) electrons. The normalized spacial score (nSPS) is 28.7. The van der Waals surface area contributed by atoms with Gasteiger partial charge in [0.05, 0.1) is 5.92 Å². The number of nitrogens with zero attached hydrogens (tertiary/aromatic N) is 1. The second-order valence-electron chi connectivity index (χ2n) is 9.40. The Bertz CT molecular complexity index is 653. The number of hydrogen-bond acceptors (Lipinski definition) is 4. The van der Waals surface area contributed by atoms with Crippen LogP contribution in [0.1, 0.15) is 56.9 Å². The van der Waals surface area contributed by atoms with Gasteiger partial charge in [0.2, 0.25) is 5.91 Å². The fraction of sp³-hybridized carbons (Fsp3) is 0.708. The number of hydrogen-bond donors (Lipinski definition) is 2. The summed E-state index contributed by atoms with van der Waals surface area (Å²) in [5.41, 5.74) is 7.85. The van der Waals surface area contributed by atoms with Crippen LogP contribution in [0.5, 0.6) is 0 Å². The lowest BCUT2D eigenvalue weighted by molar-refractivity contribution is -0.126. The molecular formula is C24H37N3O2. The first-order valence-corrected chi connectivity index (χ1v) is 11.6. The third kappa shape index (κ3) is 5.01. The first-order valence-electron chi connectivity index (χ1n) is 11.6. The lowest BCUT2D eigenvalue weighted by Gasteiger charge is -2.36. The van der Waals surface area contributed by atoms with Gasteiger partial charge < -0.3 is 15.8 Å². The Hall–Kier alpha value is -1.43. The summed E-state index contributed by atoms with van der Waals surface area (Å²) in [6.07, 6.45) is 8.77. The second kappa shape index (κ2) is 9.59. The number of likely N-dealkylation sites (tertiary alicyclic amines) is 1. The molecule has 0 unspecified atom stereocenters. The predicted octanol–water partition coefficient (Wildman–Crippen LogP) is 2.83. The average molecular weight is 400 g/mol. The summed E-state index contributed by atoms with van der Waals surface area (Å²) in [5, 5.41) is 3.37. The molecule has 0 bridgehead atoms. The molecule has 5 heteroatoms. The molecule has 1 aliphatic carbocycles. The fourth-order valence-electron chi connectivity index (χ4n) is 5.63. The fourth-order valence-corrected chi connectivity index (χ4v) is 5.63. The SMILES string of the molecule is N[C@H]1CC[C@@H](C(=O)NCC2(c3ccccc3)CCCC2)CN(C2CCOCC2)C1. The van der Waals surface area contributed by atoms with Crippen LogP contribution in [-0.2, 0) is 14.9 Å². The number of carbonyl (C=O) groups excluding carboxylic acids is 1. The van der Waals surface area contributed by atoms with E-state index in [-0.39, 0.29) is 23.3 Å². The Morgan fingerprint density at radius 3 is 2.52 bits per heavy atom. The van der Waals surface area contributed by atoms with Crippen molar-refractivity contribution >= 4 is 5.91 Å². The summed E-state index contributed by atoms with van der Waals surface area (Å²) in [6.45, 7) is 4.15. The number of ether oxygens (including phenoxy) is 1. The standard InChI is InChI=1S/C24H37N3O2/c25-21-9-8-19(16-27(17-21)22-10-14-29-15-11-22)23(28)26-18-24(12-4-5-13-24)20-6-2-1-3-7-20/h1-3,6-7,19,21-22H,4-5,8-18,25H2,(H,26,28)/t19-,21+/m1/s1. The van der Waals surface area contributed by atoms with E-state index in [1.807, 2.05) is 0 Å². The monoisotopic (exact) mass is 399 g/mol. The molecule has 3 fully saturated rings. The van der Waals surface area contributed by atoms with Gasteiger partial charge >= 0.3 is 0 Å². The van der Waals surface area contributed by atoms with E-state index < -0.39 is 0 Å². The van der Waals surface area contributed by atoms with E-state index in [0.29, 0.717) is 6.04 Å². The van der Waals surface area contributed by atoms with Crippen molar-refractivity contribution in [2.45, 2.75) is 68.9 Å². The zero-order chi connectivity index (χ0) is 20.1. The largest absolute Gasteiger partial charge is 0.381 e. The Morgan fingerprint density at radius 1 is 1.07 bits per heavy atom. The van der Waals surface area contributed by atoms with E-state index in [1.54, 1.807) is 0 Å². The predicted molar refractivity (Wildman–Crippen MR) is 116 cm³/mol. The third-order valence-electron chi connectivity index (χ3n) is 7.44. The molecule has 0 aromatic heterocycles. The highest BCUT2D eigenvalue weighted by molar-refractivity contribution is 5.79. The van der Waals surface area contributed by atoms with Crippen LogP contribution in [-0.4, -0.2) is 55.7 Å². The minimum absolute atomic E-state index is 0.0422. The molecule has 160 valence electrons. The molecule has 2 atom stereocenters. The van der Waals surface area contributed by atoms with E-state index in [2.05, 4.69) is 40.5 Å². The summed E-state index contributed by atoms with van der Waals surface area (Å²) in [6, 6.07) is 11.5. The van der Waals surface area contributed by atoms with Crippen molar-refractivity contribution in [1.29, 1.82) is 0 Å². The van der Waals surface area contributed by atoms with Crippen LogP contribution in [0, 0.1) is 5.92 Å². The highest BCUT2D eigenvalue weighted by atomic mass is 16.5. The van der Waals surface area contributed by atoms with Crippen LogP contribution >= 0.6 is 0 Å². The number of benzene rings is 1. The van der Waals surface area contributed by atoms with Crippen LogP contribution in [0.25, 0.3) is 0 Å². The minimum atomic E-state index is 0.0422. The van der Waals surface area contributed by atoms with Crippen LogP contribution < -0.4 is 11.1 Å².